The molecule has 4 heteroatoms. The second kappa shape index (κ2) is 9.61. The third kappa shape index (κ3) is 6.02. The Balaban J connectivity index is 1.64. The summed E-state index contributed by atoms with van der Waals surface area (Å²) in [7, 11) is 0. The maximum atomic E-state index is 6.10. The molecule has 3 rings (SSSR count). The molecule has 0 aliphatic heterocycles. The highest BCUT2D eigenvalue weighted by Gasteiger charge is 2.19. The van der Waals surface area contributed by atoms with Crippen molar-refractivity contribution in [2.24, 2.45) is 0 Å². The Morgan fingerprint density at radius 2 is 1.76 bits per heavy atom. The molecule has 0 amide bonds. The molecule has 1 N–H and O–H groups in total. The van der Waals surface area contributed by atoms with Gasteiger partial charge >= 0.3 is 0 Å². The second-order valence-electron chi connectivity index (χ2n) is 6.77. The fraction of sp³-hybridized carbons (Fsp3) is 0.429. The number of ether oxygens (including phenoxy) is 1. The predicted octanol–water partition coefficient (Wildman–Crippen LogP) is 6.01. The van der Waals surface area contributed by atoms with Gasteiger partial charge in [-0.1, -0.05) is 55.1 Å². The van der Waals surface area contributed by atoms with Gasteiger partial charge in [0, 0.05) is 17.1 Å². The monoisotopic (exact) mass is 421 g/mol. The Kier molecular flexibility index (Phi) is 7.21. The van der Waals surface area contributed by atoms with E-state index in [1.165, 1.54) is 37.7 Å². The topological polar surface area (TPSA) is 21.3 Å². The number of halogens is 2. The molecule has 0 bridgehead atoms. The molecule has 0 unspecified atom stereocenters. The molecule has 0 spiro atoms. The normalized spacial score (nSPS) is 16.6. The summed E-state index contributed by atoms with van der Waals surface area (Å²) in [5.41, 5.74) is 1.29. The first-order valence-electron chi connectivity index (χ1n) is 9.08. The Bertz CT molecular complexity index is 655. The number of hydrogen-bond donors (Lipinski definition) is 1. The first kappa shape index (κ1) is 18.8. The van der Waals surface area contributed by atoms with E-state index in [4.69, 9.17) is 16.3 Å². The second-order valence-corrected chi connectivity index (χ2v) is 8.06. The van der Waals surface area contributed by atoms with Gasteiger partial charge in [-0.05, 0) is 65.0 Å². The Morgan fingerprint density at radius 1 is 1.04 bits per heavy atom. The van der Waals surface area contributed by atoms with Crippen LogP contribution in [0.2, 0.25) is 5.02 Å². The summed E-state index contributed by atoms with van der Waals surface area (Å²) in [4.78, 5) is 0. The summed E-state index contributed by atoms with van der Waals surface area (Å²) in [6.07, 6.45) is 7.51. The maximum Gasteiger partial charge on any atom is 0.133 e. The number of rotatable bonds is 7. The van der Waals surface area contributed by atoms with Crippen LogP contribution in [0.1, 0.15) is 37.7 Å². The lowest BCUT2D eigenvalue weighted by molar-refractivity contribution is 0.234. The molecule has 1 saturated carbocycles. The Morgan fingerprint density at radius 3 is 2.48 bits per heavy atom. The molecule has 134 valence electrons. The number of benzene rings is 2. The van der Waals surface area contributed by atoms with Crippen LogP contribution in [0.3, 0.4) is 0 Å². The Labute approximate surface area is 164 Å². The van der Waals surface area contributed by atoms with E-state index < -0.39 is 0 Å². The van der Waals surface area contributed by atoms with E-state index in [0.717, 1.165) is 21.7 Å². The van der Waals surface area contributed by atoms with E-state index in [-0.39, 0.29) is 6.04 Å². The van der Waals surface area contributed by atoms with Crippen LogP contribution < -0.4 is 10.1 Å². The van der Waals surface area contributed by atoms with E-state index in [2.05, 4.69) is 33.4 Å². The number of nitrogens with one attached hydrogen (secondary N) is 1. The van der Waals surface area contributed by atoms with Crippen molar-refractivity contribution < 1.29 is 4.74 Å². The molecule has 0 radical (unpaired) electrons. The van der Waals surface area contributed by atoms with Crippen molar-refractivity contribution in [3.8, 4) is 5.75 Å². The summed E-state index contributed by atoms with van der Waals surface area (Å²) in [6, 6.07) is 17.1. The van der Waals surface area contributed by atoms with Gasteiger partial charge in [-0.3, -0.25) is 0 Å². The van der Waals surface area contributed by atoms with Crippen molar-refractivity contribution in [2.75, 3.05) is 6.61 Å². The molecule has 2 aromatic rings. The minimum Gasteiger partial charge on any atom is -0.491 e. The van der Waals surface area contributed by atoms with Crippen LogP contribution >= 0.6 is 27.5 Å². The SMILES string of the molecule is Clc1ccc(C[C@@H](COc2ccccc2Br)NC2CCCCC2)cc1. The number of para-hydroxylation sites is 1. The van der Waals surface area contributed by atoms with Gasteiger partial charge in [0.25, 0.3) is 0 Å². The molecule has 25 heavy (non-hydrogen) atoms. The molecule has 2 nitrogen and oxygen atoms in total. The summed E-state index contributed by atoms with van der Waals surface area (Å²) in [5, 5.41) is 4.62. The molecule has 0 aromatic heterocycles. The van der Waals surface area contributed by atoms with Crippen LogP contribution in [-0.4, -0.2) is 18.7 Å². The van der Waals surface area contributed by atoms with Crippen LogP contribution in [0, 0.1) is 0 Å². The lowest BCUT2D eigenvalue weighted by atomic mass is 9.94. The minimum absolute atomic E-state index is 0.288. The van der Waals surface area contributed by atoms with E-state index >= 15 is 0 Å². The lowest BCUT2D eigenvalue weighted by Gasteiger charge is -2.29. The molecule has 1 fully saturated rings. The quantitative estimate of drug-likeness (QED) is 0.589. The molecule has 1 aliphatic rings. The third-order valence-electron chi connectivity index (χ3n) is 4.75. The fourth-order valence-electron chi connectivity index (χ4n) is 3.43. The van der Waals surface area contributed by atoms with Crippen LogP contribution in [0.5, 0.6) is 5.75 Å². The van der Waals surface area contributed by atoms with Crippen LogP contribution in [0.15, 0.2) is 53.0 Å². The number of hydrogen-bond acceptors (Lipinski definition) is 2. The maximum absolute atomic E-state index is 6.10. The lowest BCUT2D eigenvalue weighted by Crippen LogP contribution is -2.44. The predicted molar refractivity (Wildman–Crippen MR) is 109 cm³/mol. The van der Waals surface area contributed by atoms with E-state index in [1.807, 2.05) is 36.4 Å². The van der Waals surface area contributed by atoms with Crippen molar-refractivity contribution in [1.29, 1.82) is 0 Å². The molecular formula is C21H25BrClNO. The summed E-state index contributed by atoms with van der Waals surface area (Å²) in [6.45, 7) is 0.655. The molecule has 0 heterocycles. The molecule has 1 aliphatic carbocycles. The standard InChI is InChI=1S/C21H25BrClNO/c22-20-8-4-5-9-21(20)25-15-19(24-18-6-2-1-3-7-18)14-16-10-12-17(23)13-11-16/h4-5,8-13,18-19,24H,1-3,6-7,14-15H2/t19-/m0/s1. The highest BCUT2D eigenvalue weighted by Crippen LogP contribution is 2.24. The van der Waals surface area contributed by atoms with Crippen molar-refractivity contribution in [3.63, 3.8) is 0 Å². The van der Waals surface area contributed by atoms with Gasteiger partial charge in [0.05, 0.1) is 4.47 Å². The van der Waals surface area contributed by atoms with Crippen LogP contribution in [0.25, 0.3) is 0 Å². The van der Waals surface area contributed by atoms with Gasteiger partial charge in [0.1, 0.15) is 12.4 Å². The van der Waals surface area contributed by atoms with Crippen molar-refractivity contribution in [2.45, 2.75) is 50.6 Å². The van der Waals surface area contributed by atoms with Gasteiger partial charge in [0.15, 0.2) is 0 Å². The van der Waals surface area contributed by atoms with Crippen molar-refractivity contribution in [3.05, 3.63) is 63.6 Å². The fourth-order valence-corrected chi connectivity index (χ4v) is 3.95. The zero-order valence-electron chi connectivity index (χ0n) is 14.4. The van der Waals surface area contributed by atoms with Crippen LogP contribution in [0.4, 0.5) is 0 Å². The van der Waals surface area contributed by atoms with E-state index in [0.29, 0.717) is 12.6 Å². The van der Waals surface area contributed by atoms with Crippen LogP contribution in [-0.2, 0) is 6.42 Å². The molecule has 1 atom stereocenters. The van der Waals surface area contributed by atoms with Gasteiger partial charge < -0.3 is 10.1 Å². The Hall–Kier alpha value is -1.03. The van der Waals surface area contributed by atoms with E-state index in [1.54, 1.807) is 0 Å². The highest BCUT2D eigenvalue weighted by molar-refractivity contribution is 9.10. The molecule has 2 aromatic carbocycles. The average Bonchev–Trinajstić information content (AvgIpc) is 2.63. The first-order valence-corrected chi connectivity index (χ1v) is 10.3. The summed E-state index contributed by atoms with van der Waals surface area (Å²) < 4.78 is 7.10. The van der Waals surface area contributed by atoms with Gasteiger partial charge in [0.2, 0.25) is 0 Å². The zero-order chi connectivity index (χ0) is 17.5. The smallest absolute Gasteiger partial charge is 0.133 e. The van der Waals surface area contributed by atoms with Gasteiger partial charge in [-0.2, -0.15) is 0 Å². The van der Waals surface area contributed by atoms with Crippen molar-refractivity contribution >= 4 is 27.5 Å². The highest BCUT2D eigenvalue weighted by atomic mass is 79.9. The van der Waals surface area contributed by atoms with Gasteiger partial charge in [-0.15, -0.1) is 0 Å². The first-order chi connectivity index (χ1) is 12.2. The summed E-state index contributed by atoms with van der Waals surface area (Å²) >= 11 is 9.58. The largest absolute Gasteiger partial charge is 0.491 e. The zero-order valence-corrected chi connectivity index (χ0v) is 16.7. The van der Waals surface area contributed by atoms with E-state index in [9.17, 15) is 0 Å². The summed E-state index contributed by atoms with van der Waals surface area (Å²) in [5.74, 6) is 0.897. The average molecular weight is 423 g/mol. The van der Waals surface area contributed by atoms with Crippen molar-refractivity contribution in [1.82, 2.24) is 5.32 Å². The van der Waals surface area contributed by atoms with Gasteiger partial charge in [-0.25, -0.2) is 0 Å². The molecule has 0 saturated heterocycles. The third-order valence-corrected chi connectivity index (χ3v) is 5.66. The molecular weight excluding hydrogens is 398 g/mol. The minimum atomic E-state index is 0.288.